The number of allylic oxidation sites excluding steroid dienone is 1. The highest BCUT2D eigenvalue weighted by atomic mass is 16.4. The second-order valence-corrected chi connectivity index (χ2v) is 5.08. The minimum absolute atomic E-state index is 0.138. The lowest BCUT2D eigenvalue weighted by Crippen LogP contribution is -2.00. The minimum Gasteiger partial charge on any atom is -0.478 e. The van der Waals surface area contributed by atoms with E-state index in [1.54, 1.807) is 6.07 Å². The number of benzene rings is 1. The molecule has 0 aromatic heterocycles. The van der Waals surface area contributed by atoms with Gasteiger partial charge < -0.3 is 5.11 Å². The van der Waals surface area contributed by atoms with Gasteiger partial charge in [0.25, 0.3) is 0 Å². The first-order chi connectivity index (χ1) is 7.29. The van der Waals surface area contributed by atoms with Crippen LogP contribution in [0.15, 0.2) is 24.3 Å². The minimum atomic E-state index is -0.871. The Labute approximate surface area is 96.6 Å². The highest BCUT2D eigenvalue weighted by Gasteiger charge is 2.07. The topological polar surface area (TPSA) is 37.3 Å². The Bertz CT molecular complexity index is 423. The van der Waals surface area contributed by atoms with Crippen molar-refractivity contribution in [2.45, 2.75) is 27.7 Å². The van der Waals surface area contributed by atoms with Gasteiger partial charge in [0.1, 0.15) is 0 Å². The van der Waals surface area contributed by atoms with Crippen LogP contribution in [0.5, 0.6) is 0 Å². The number of aromatic carboxylic acids is 1. The van der Waals surface area contributed by atoms with Crippen LogP contribution in [0.25, 0.3) is 6.08 Å². The van der Waals surface area contributed by atoms with Gasteiger partial charge in [-0.25, -0.2) is 4.79 Å². The molecule has 0 saturated heterocycles. The number of aryl methyl sites for hydroxylation is 1. The van der Waals surface area contributed by atoms with Crippen LogP contribution in [0.4, 0.5) is 0 Å². The second kappa shape index (κ2) is 4.52. The molecule has 16 heavy (non-hydrogen) atoms. The van der Waals surface area contributed by atoms with Crippen LogP contribution in [-0.2, 0) is 0 Å². The molecule has 0 atom stereocenters. The number of hydrogen-bond acceptors (Lipinski definition) is 1. The van der Waals surface area contributed by atoms with Gasteiger partial charge in [-0.15, -0.1) is 0 Å². The first-order valence-electron chi connectivity index (χ1n) is 5.33. The molecule has 0 unspecified atom stereocenters. The van der Waals surface area contributed by atoms with Crippen molar-refractivity contribution in [3.63, 3.8) is 0 Å². The standard InChI is InChI=1S/C14H18O2/c1-10-9-11(7-8-14(2,3)4)5-6-12(10)13(15)16/h5-9H,1-4H3,(H,15,16). The van der Waals surface area contributed by atoms with Crippen molar-refractivity contribution >= 4 is 12.0 Å². The molecule has 1 N–H and O–H groups in total. The van der Waals surface area contributed by atoms with Crippen molar-refractivity contribution in [1.29, 1.82) is 0 Å². The van der Waals surface area contributed by atoms with Crippen LogP contribution >= 0.6 is 0 Å². The van der Waals surface area contributed by atoms with Crippen LogP contribution < -0.4 is 0 Å². The predicted octanol–water partition coefficient (Wildman–Crippen LogP) is 3.75. The lowest BCUT2D eigenvalue weighted by Gasteiger charge is -2.11. The highest BCUT2D eigenvalue weighted by Crippen LogP contribution is 2.18. The number of carboxylic acids is 1. The Morgan fingerprint density at radius 3 is 2.38 bits per heavy atom. The van der Waals surface area contributed by atoms with Crippen molar-refractivity contribution in [2.24, 2.45) is 5.41 Å². The van der Waals surface area contributed by atoms with E-state index in [0.29, 0.717) is 5.56 Å². The van der Waals surface area contributed by atoms with E-state index in [2.05, 4.69) is 26.8 Å². The molecule has 1 aromatic carbocycles. The van der Waals surface area contributed by atoms with Gasteiger partial charge in [-0.2, -0.15) is 0 Å². The normalized spacial score (nSPS) is 12.0. The Hall–Kier alpha value is -1.57. The van der Waals surface area contributed by atoms with Gasteiger partial charge in [0.2, 0.25) is 0 Å². The fourth-order valence-corrected chi connectivity index (χ4v) is 1.38. The second-order valence-electron chi connectivity index (χ2n) is 5.08. The summed E-state index contributed by atoms with van der Waals surface area (Å²) in [5.41, 5.74) is 2.34. The summed E-state index contributed by atoms with van der Waals surface area (Å²) in [5.74, 6) is -0.871. The zero-order valence-electron chi connectivity index (χ0n) is 10.2. The van der Waals surface area contributed by atoms with E-state index in [1.807, 2.05) is 25.1 Å². The largest absolute Gasteiger partial charge is 0.478 e. The van der Waals surface area contributed by atoms with Gasteiger partial charge in [0.15, 0.2) is 0 Å². The van der Waals surface area contributed by atoms with Gasteiger partial charge in [-0.3, -0.25) is 0 Å². The molecule has 0 aliphatic carbocycles. The SMILES string of the molecule is Cc1cc(C=CC(C)(C)C)ccc1C(=O)O. The first kappa shape index (κ1) is 12.5. The maximum atomic E-state index is 10.8. The van der Waals surface area contributed by atoms with Crippen LogP contribution in [0.1, 0.15) is 42.3 Å². The summed E-state index contributed by atoms with van der Waals surface area (Å²) >= 11 is 0. The lowest BCUT2D eigenvalue weighted by atomic mass is 9.95. The molecule has 0 bridgehead atoms. The molecule has 0 saturated carbocycles. The molecule has 86 valence electrons. The first-order valence-corrected chi connectivity index (χ1v) is 5.33. The van der Waals surface area contributed by atoms with Crippen molar-refractivity contribution in [3.05, 3.63) is 41.0 Å². The summed E-state index contributed by atoms with van der Waals surface area (Å²) in [4.78, 5) is 10.8. The Morgan fingerprint density at radius 2 is 1.94 bits per heavy atom. The molecule has 2 nitrogen and oxygen atoms in total. The summed E-state index contributed by atoms with van der Waals surface area (Å²) in [6, 6.07) is 5.38. The Morgan fingerprint density at radius 1 is 1.31 bits per heavy atom. The third-order valence-electron chi connectivity index (χ3n) is 2.26. The molecule has 0 aliphatic rings. The van der Waals surface area contributed by atoms with Crippen LogP contribution in [-0.4, -0.2) is 11.1 Å². The zero-order valence-corrected chi connectivity index (χ0v) is 10.2. The van der Waals surface area contributed by atoms with Gasteiger partial charge in [0.05, 0.1) is 5.56 Å². The van der Waals surface area contributed by atoms with Crippen molar-refractivity contribution in [2.75, 3.05) is 0 Å². The molecular formula is C14H18O2. The zero-order chi connectivity index (χ0) is 12.3. The van der Waals surface area contributed by atoms with E-state index in [1.165, 1.54) is 0 Å². The summed E-state index contributed by atoms with van der Waals surface area (Å²) in [6.45, 7) is 8.20. The molecule has 0 amide bonds. The van der Waals surface area contributed by atoms with E-state index < -0.39 is 5.97 Å². The molecule has 0 radical (unpaired) electrons. The summed E-state index contributed by atoms with van der Waals surface area (Å²) < 4.78 is 0. The Kier molecular flexibility index (Phi) is 3.53. The number of rotatable bonds is 2. The molecule has 0 heterocycles. The van der Waals surface area contributed by atoms with E-state index in [9.17, 15) is 4.79 Å². The number of hydrogen-bond donors (Lipinski definition) is 1. The quantitative estimate of drug-likeness (QED) is 0.820. The predicted molar refractivity (Wildman–Crippen MR) is 66.6 cm³/mol. The van der Waals surface area contributed by atoms with Gasteiger partial charge >= 0.3 is 5.97 Å². The third kappa shape index (κ3) is 3.54. The fourth-order valence-electron chi connectivity index (χ4n) is 1.38. The summed E-state index contributed by atoms with van der Waals surface area (Å²) in [6.07, 6.45) is 4.14. The van der Waals surface area contributed by atoms with Crippen molar-refractivity contribution in [1.82, 2.24) is 0 Å². The molecular weight excluding hydrogens is 200 g/mol. The fraction of sp³-hybridized carbons (Fsp3) is 0.357. The van der Waals surface area contributed by atoms with Crippen LogP contribution in [0, 0.1) is 12.3 Å². The summed E-state index contributed by atoms with van der Waals surface area (Å²) in [7, 11) is 0. The molecule has 2 heteroatoms. The average molecular weight is 218 g/mol. The van der Waals surface area contributed by atoms with E-state index in [0.717, 1.165) is 11.1 Å². The van der Waals surface area contributed by atoms with Gasteiger partial charge in [-0.1, -0.05) is 45.1 Å². The third-order valence-corrected chi connectivity index (χ3v) is 2.26. The van der Waals surface area contributed by atoms with Crippen LogP contribution in [0.2, 0.25) is 0 Å². The van der Waals surface area contributed by atoms with Crippen LogP contribution in [0.3, 0.4) is 0 Å². The molecule has 0 spiro atoms. The van der Waals surface area contributed by atoms with E-state index >= 15 is 0 Å². The number of carbonyl (C=O) groups is 1. The molecule has 1 aromatic rings. The highest BCUT2D eigenvalue weighted by molar-refractivity contribution is 5.89. The smallest absolute Gasteiger partial charge is 0.335 e. The molecule has 0 fully saturated rings. The Balaban J connectivity index is 2.99. The lowest BCUT2D eigenvalue weighted by molar-refractivity contribution is 0.0696. The number of carboxylic acid groups (broad SMARTS) is 1. The molecule has 1 rings (SSSR count). The van der Waals surface area contributed by atoms with E-state index in [4.69, 9.17) is 5.11 Å². The van der Waals surface area contributed by atoms with Gasteiger partial charge in [-0.05, 0) is 29.5 Å². The van der Waals surface area contributed by atoms with E-state index in [-0.39, 0.29) is 5.41 Å². The summed E-state index contributed by atoms with van der Waals surface area (Å²) in [5, 5.41) is 8.90. The van der Waals surface area contributed by atoms with Gasteiger partial charge in [0, 0.05) is 0 Å². The maximum Gasteiger partial charge on any atom is 0.335 e. The maximum absolute atomic E-state index is 10.8. The van der Waals surface area contributed by atoms with Crippen molar-refractivity contribution < 1.29 is 9.90 Å². The average Bonchev–Trinajstić information content (AvgIpc) is 2.13. The monoisotopic (exact) mass is 218 g/mol. The van der Waals surface area contributed by atoms with Crippen molar-refractivity contribution in [3.8, 4) is 0 Å². The molecule has 0 aliphatic heterocycles.